The maximum atomic E-state index is 5.89. The number of rotatable bonds is 6. The Balaban J connectivity index is 1.66. The standard InChI is InChI=1S/C15H22ClN/c1-2-3-4-9-17-15-10-13(11-15)12-5-7-14(16)8-6-12/h5-8,13,15,17H,2-4,9-11H2,1H3. The lowest BCUT2D eigenvalue weighted by Gasteiger charge is -2.36. The topological polar surface area (TPSA) is 12.0 Å². The molecule has 0 radical (unpaired) electrons. The summed E-state index contributed by atoms with van der Waals surface area (Å²) >= 11 is 5.89. The second kappa shape index (κ2) is 6.42. The predicted molar refractivity (Wildman–Crippen MR) is 74.7 cm³/mol. The molecule has 1 aliphatic carbocycles. The Morgan fingerprint density at radius 1 is 1.18 bits per heavy atom. The van der Waals surface area contributed by atoms with Crippen LogP contribution in [0.3, 0.4) is 0 Å². The van der Waals surface area contributed by atoms with Crippen molar-refractivity contribution in [2.75, 3.05) is 6.54 Å². The van der Waals surface area contributed by atoms with E-state index in [1.165, 1.54) is 44.2 Å². The van der Waals surface area contributed by atoms with Crippen molar-refractivity contribution >= 4 is 11.6 Å². The Hall–Kier alpha value is -0.530. The number of hydrogen-bond donors (Lipinski definition) is 1. The Morgan fingerprint density at radius 3 is 2.53 bits per heavy atom. The molecule has 17 heavy (non-hydrogen) atoms. The maximum absolute atomic E-state index is 5.89. The Morgan fingerprint density at radius 2 is 1.88 bits per heavy atom. The van der Waals surface area contributed by atoms with E-state index in [0.717, 1.165) is 17.0 Å². The molecule has 0 spiro atoms. The van der Waals surface area contributed by atoms with E-state index in [1.807, 2.05) is 12.1 Å². The summed E-state index contributed by atoms with van der Waals surface area (Å²) in [6.45, 7) is 3.44. The van der Waals surface area contributed by atoms with Crippen molar-refractivity contribution in [3.63, 3.8) is 0 Å². The van der Waals surface area contributed by atoms with Crippen molar-refractivity contribution in [3.05, 3.63) is 34.9 Å². The lowest BCUT2D eigenvalue weighted by atomic mass is 9.76. The molecule has 0 bridgehead atoms. The van der Waals surface area contributed by atoms with Gasteiger partial charge in [-0.15, -0.1) is 0 Å². The van der Waals surface area contributed by atoms with Crippen molar-refractivity contribution in [2.24, 2.45) is 0 Å². The van der Waals surface area contributed by atoms with E-state index in [-0.39, 0.29) is 0 Å². The minimum Gasteiger partial charge on any atom is -0.314 e. The van der Waals surface area contributed by atoms with Gasteiger partial charge in [-0.05, 0) is 49.4 Å². The fourth-order valence-electron chi connectivity index (χ4n) is 2.47. The van der Waals surface area contributed by atoms with E-state index in [4.69, 9.17) is 11.6 Å². The fourth-order valence-corrected chi connectivity index (χ4v) is 2.60. The third-order valence-electron chi connectivity index (χ3n) is 3.69. The maximum Gasteiger partial charge on any atom is 0.0406 e. The van der Waals surface area contributed by atoms with Crippen LogP contribution in [0.2, 0.25) is 5.02 Å². The molecule has 0 aliphatic heterocycles. The van der Waals surface area contributed by atoms with Crippen LogP contribution in [-0.2, 0) is 0 Å². The first kappa shape index (κ1) is 12.9. The van der Waals surface area contributed by atoms with Crippen LogP contribution in [0, 0.1) is 0 Å². The summed E-state index contributed by atoms with van der Waals surface area (Å²) in [5.74, 6) is 0.746. The van der Waals surface area contributed by atoms with Crippen molar-refractivity contribution < 1.29 is 0 Å². The van der Waals surface area contributed by atoms with Gasteiger partial charge in [0.15, 0.2) is 0 Å². The molecule has 0 atom stereocenters. The molecule has 0 heterocycles. The zero-order valence-electron chi connectivity index (χ0n) is 10.6. The van der Waals surface area contributed by atoms with E-state index >= 15 is 0 Å². The predicted octanol–water partition coefficient (Wildman–Crippen LogP) is 4.37. The van der Waals surface area contributed by atoms with E-state index in [1.54, 1.807) is 0 Å². The van der Waals surface area contributed by atoms with Gasteiger partial charge < -0.3 is 5.32 Å². The van der Waals surface area contributed by atoms with Gasteiger partial charge in [0.05, 0.1) is 0 Å². The van der Waals surface area contributed by atoms with Crippen LogP contribution in [0.15, 0.2) is 24.3 Å². The van der Waals surface area contributed by atoms with Gasteiger partial charge in [-0.1, -0.05) is 43.5 Å². The monoisotopic (exact) mass is 251 g/mol. The molecule has 1 aromatic carbocycles. The Labute approximate surface area is 110 Å². The van der Waals surface area contributed by atoms with Gasteiger partial charge in [-0.3, -0.25) is 0 Å². The number of hydrogen-bond acceptors (Lipinski definition) is 1. The average molecular weight is 252 g/mol. The first-order chi connectivity index (χ1) is 8.29. The van der Waals surface area contributed by atoms with Crippen LogP contribution in [-0.4, -0.2) is 12.6 Å². The summed E-state index contributed by atoms with van der Waals surface area (Å²) in [6, 6.07) is 9.07. The molecule has 2 rings (SSSR count). The Bertz CT molecular complexity index is 327. The highest BCUT2D eigenvalue weighted by molar-refractivity contribution is 6.30. The minimum atomic E-state index is 0.743. The summed E-state index contributed by atoms with van der Waals surface area (Å²) in [6.07, 6.45) is 6.54. The highest BCUT2D eigenvalue weighted by Crippen LogP contribution is 2.37. The van der Waals surface area contributed by atoms with Crippen molar-refractivity contribution in [1.82, 2.24) is 5.32 Å². The van der Waals surface area contributed by atoms with E-state index in [9.17, 15) is 0 Å². The van der Waals surface area contributed by atoms with E-state index in [2.05, 4.69) is 24.4 Å². The number of nitrogens with one attached hydrogen (secondary N) is 1. The van der Waals surface area contributed by atoms with Crippen LogP contribution in [0.5, 0.6) is 0 Å². The zero-order chi connectivity index (χ0) is 12.1. The molecular weight excluding hydrogens is 230 g/mol. The molecule has 0 amide bonds. The van der Waals surface area contributed by atoms with E-state index < -0.39 is 0 Å². The highest BCUT2D eigenvalue weighted by Gasteiger charge is 2.29. The highest BCUT2D eigenvalue weighted by atomic mass is 35.5. The minimum absolute atomic E-state index is 0.743. The van der Waals surface area contributed by atoms with Crippen molar-refractivity contribution in [1.29, 1.82) is 0 Å². The second-order valence-corrected chi connectivity index (χ2v) is 5.51. The first-order valence-corrected chi connectivity index (χ1v) is 7.16. The Kier molecular flexibility index (Phi) is 4.87. The quantitative estimate of drug-likeness (QED) is 0.741. The molecule has 1 aromatic rings. The van der Waals surface area contributed by atoms with Crippen LogP contribution < -0.4 is 5.32 Å². The molecule has 1 N–H and O–H groups in total. The lowest BCUT2D eigenvalue weighted by molar-refractivity contribution is 0.290. The molecular formula is C15H22ClN. The summed E-state index contributed by atoms with van der Waals surface area (Å²) in [4.78, 5) is 0. The van der Waals surface area contributed by atoms with Gasteiger partial charge in [-0.2, -0.15) is 0 Å². The largest absolute Gasteiger partial charge is 0.314 e. The third-order valence-corrected chi connectivity index (χ3v) is 3.94. The van der Waals surface area contributed by atoms with Gasteiger partial charge >= 0.3 is 0 Å². The molecule has 1 nitrogen and oxygen atoms in total. The SMILES string of the molecule is CCCCCNC1CC(c2ccc(Cl)cc2)C1. The summed E-state index contributed by atoms with van der Waals surface area (Å²) < 4.78 is 0. The molecule has 94 valence electrons. The number of unbranched alkanes of at least 4 members (excludes halogenated alkanes) is 2. The van der Waals surface area contributed by atoms with Crippen LogP contribution in [0.4, 0.5) is 0 Å². The third kappa shape index (κ3) is 3.72. The number of halogens is 1. The van der Waals surface area contributed by atoms with Crippen LogP contribution in [0.1, 0.15) is 50.5 Å². The zero-order valence-corrected chi connectivity index (χ0v) is 11.3. The van der Waals surface area contributed by atoms with Crippen molar-refractivity contribution in [2.45, 2.75) is 51.0 Å². The average Bonchev–Trinajstić information content (AvgIpc) is 2.28. The molecule has 0 aromatic heterocycles. The van der Waals surface area contributed by atoms with Crippen LogP contribution in [0.25, 0.3) is 0 Å². The van der Waals surface area contributed by atoms with Crippen LogP contribution >= 0.6 is 11.6 Å². The molecule has 0 saturated heterocycles. The molecule has 1 aliphatic rings. The normalized spacial score (nSPS) is 23.4. The molecule has 0 unspecified atom stereocenters. The smallest absolute Gasteiger partial charge is 0.0406 e. The van der Waals surface area contributed by atoms with Crippen molar-refractivity contribution in [3.8, 4) is 0 Å². The molecule has 2 heteroatoms. The lowest BCUT2D eigenvalue weighted by Crippen LogP contribution is -2.40. The van der Waals surface area contributed by atoms with Gasteiger partial charge in [0.25, 0.3) is 0 Å². The van der Waals surface area contributed by atoms with Gasteiger partial charge in [-0.25, -0.2) is 0 Å². The summed E-state index contributed by atoms with van der Waals surface area (Å²) in [5.41, 5.74) is 1.45. The molecule has 1 saturated carbocycles. The number of benzene rings is 1. The van der Waals surface area contributed by atoms with Gasteiger partial charge in [0.1, 0.15) is 0 Å². The van der Waals surface area contributed by atoms with Gasteiger partial charge in [0, 0.05) is 11.1 Å². The second-order valence-electron chi connectivity index (χ2n) is 5.08. The fraction of sp³-hybridized carbons (Fsp3) is 0.600. The van der Waals surface area contributed by atoms with Gasteiger partial charge in [0.2, 0.25) is 0 Å². The molecule has 1 fully saturated rings. The summed E-state index contributed by atoms with van der Waals surface area (Å²) in [7, 11) is 0. The first-order valence-electron chi connectivity index (χ1n) is 6.78. The summed E-state index contributed by atoms with van der Waals surface area (Å²) in [5, 5.41) is 4.47. The van der Waals surface area contributed by atoms with E-state index in [0.29, 0.717) is 0 Å².